The van der Waals surface area contributed by atoms with Crippen molar-refractivity contribution in [3.05, 3.63) is 181 Å². The maximum absolute atomic E-state index is 4.93. The van der Waals surface area contributed by atoms with Crippen LogP contribution in [-0.2, 0) is 26.3 Å². The van der Waals surface area contributed by atoms with E-state index in [0.717, 1.165) is 29.6 Å². The molecule has 2 aromatic carbocycles. The van der Waals surface area contributed by atoms with E-state index in [-0.39, 0.29) is 0 Å². The summed E-state index contributed by atoms with van der Waals surface area (Å²) < 4.78 is 0. The Hall–Kier alpha value is -1.14. The molecule has 0 N–H and O–H groups in total. The number of halogens is 2. The van der Waals surface area contributed by atoms with Gasteiger partial charge in [0.2, 0.25) is 0 Å². The Bertz CT molecular complexity index is 1310. The molecule has 0 aromatic heterocycles. The van der Waals surface area contributed by atoms with Gasteiger partial charge in [-0.25, -0.2) is 0 Å². The second-order valence-corrected chi connectivity index (χ2v) is 17.1. The van der Waals surface area contributed by atoms with Crippen molar-refractivity contribution in [3.8, 4) is 0 Å². The molecular weight excluding hydrogens is 655 g/mol. The van der Waals surface area contributed by atoms with Crippen LogP contribution in [0.4, 0.5) is 0 Å². The van der Waals surface area contributed by atoms with Crippen LogP contribution in [0.5, 0.6) is 0 Å². The normalized spacial score (nSPS) is 32.1. The predicted octanol–water partition coefficient (Wildman–Crippen LogP) is 10.3. The molecule has 44 heavy (non-hydrogen) atoms. The Kier molecular flexibility index (Phi) is 8.80. The van der Waals surface area contributed by atoms with E-state index in [0.29, 0.717) is 0 Å². The summed E-state index contributed by atoms with van der Waals surface area (Å²) in [5.74, 6) is 14.3. The van der Waals surface area contributed by atoms with E-state index in [9.17, 15) is 0 Å². The molecule has 10 radical (unpaired) electrons. The first-order valence-corrected chi connectivity index (χ1v) is 22.5. The van der Waals surface area contributed by atoms with Gasteiger partial charge in [0.25, 0.3) is 0 Å². The molecule has 0 amide bonds. The molecule has 0 unspecified atom stereocenters. The summed E-state index contributed by atoms with van der Waals surface area (Å²) in [7, 11) is 9.87. The van der Waals surface area contributed by atoms with Gasteiger partial charge in [-0.2, -0.15) is 0 Å². The molecule has 0 spiro atoms. The summed E-state index contributed by atoms with van der Waals surface area (Å²) in [4.78, 5) is 0. The summed E-state index contributed by atoms with van der Waals surface area (Å²) in [5.41, 5.74) is 2.26. The fourth-order valence-corrected chi connectivity index (χ4v) is 10.1. The zero-order valence-corrected chi connectivity index (χ0v) is 28.8. The quantitative estimate of drug-likeness (QED) is 0.293. The molecule has 3 heteroatoms. The Balaban J connectivity index is 0.000000928. The van der Waals surface area contributed by atoms with E-state index in [1.54, 1.807) is 5.92 Å². The van der Waals surface area contributed by atoms with Crippen molar-refractivity contribution in [1.82, 2.24) is 0 Å². The number of fused-ring (bicyclic) bond motifs is 3. The van der Waals surface area contributed by atoms with Crippen LogP contribution in [0.15, 0.2) is 109 Å². The van der Waals surface area contributed by atoms with Crippen molar-refractivity contribution < 1.29 is 20.8 Å². The van der Waals surface area contributed by atoms with Gasteiger partial charge in [-0.1, -0.05) is 109 Å². The molecule has 0 atom stereocenters. The van der Waals surface area contributed by atoms with Crippen LogP contribution in [0.3, 0.4) is 0 Å². The Morgan fingerprint density at radius 1 is 0.568 bits per heavy atom. The molecule has 2 aromatic rings. The average Bonchev–Trinajstić information content (AvgIpc) is 3.67. The van der Waals surface area contributed by atoms with Gasteiger partial charge < -0.3 is 0 Å². The van der Waals surface area contributed by atoms with E-state index in [2.05, 4.69) is 129 Å². The van der Waals surface area contributed by atoms with Gasteiger partial charge in [-0.15, -0.1) is 0 Å². The Morgan fingerprint density at radius 3 is 1.50 bits per heavy atom. The molecule has 6 saturated carbocycles. The molecule has 0 heterocycles. The zero-order valence-electron chi connectivity index (χ0n) is 24.8. The molecule has 216 valence electrons. The van der Waals surface area contributed by atoms with Crippen LogP contribution in [-0.4, -0.2) is 0 Å². The molecule has 6 fully saturated rings. The number of hydrogen-bond acceptors (Lipinski definition) is 0. The summed E-state index contributed by atoms with van der Waals surface area (Å²) >= 11 is -0.826. The molecule has 0 saturated heterocycles. The third-order valence-corrected chi connectivity index (χ3v) is 11.3. The topological polar surface area (TPSA) is 0 Å². The van der Waals surface area contributed by atoms with Crippen molar-refractivity contribution in [3.63, 3.8) is 0 Å². The van der Waals surface area contributed by atoms with Gasteiger partial charge in [0.15, 0.2) is 0 Å². The van der Waals surface area contributed by atoms with Gasteiger partial charge in [-0.05, 0) is 104 Å². The van der Waals surface area contributed by atoms with E-state index in [1.807, 2.05) is 0 Å². The van der Waals surface area contributed by atoms with E-state index in [1.165, 1.54) is 78.7 Å². The molecule has 4 bridgehead atoms. The molecule has 10 rings (SSSR count). The first-order valence-electron chi connectivity index (χ1n) is 16.1. The first kappa shape index (κ1) is 30.2. The van der Waals surface area contributed by atoms with E-state index >= 15 is 0 Å². The van der Waals surface area contributed by atoms with Gasteiger partial charge >= 0.3 is 37.9 Å². The van der Waals surface area contributed by atoms with E-state index < -0.39 is 26.3 Å². The monoisotopic (exact) mass is 688 g/mol. The Labute approximate surface area is 284 Å². The Morgan fingerprint density at radius 2 is 1.02 bits per heavy atom. The second-order valence-electron chi connectivity index (χ2n) is 13.4. The third kappa shape index (κ3) is 5.01. The first-order chi connectivity index (χ1) is 21.7. The van der Waals surface area contributed by atoms with Crippen LogP contribution >= 0.6 is 17.0 Å². The summed E-state index contributed by atoms with van der Waals surface area (Å²) in [6, 6.07) is 22.7. The maximum atomic E-state index is 4.93. The van der Waals surface area contributed by atoms with Crippen molar-refractivity contribution >= 4 is 17.0 Å². The number of benzene rings is 2. The third-order valence-electron chi connectivity index (χ3n) is 11.3. The fraction of sp³-hybridized carbons (Fsp3) is 0.268. The van der Waals surface area contributed by atoms with Crippen LogP contribution < -0.4 is 0 Å². The van der Waals surface area contributed by atoms with Crippen LogP contribution in [0.1, 0.15) is 43.2 Å². The number of hydrogen-bond donors (Lipinski definition) is 0. The molecule has 0 nitrogen and oxygen atoms in total. The van der Waals surface area contributed by atoms with Crippen LogP contribution in [0, 0.1) is 90.3 Å². The van der Waals surface area contributed by atoms with Crippen molar-refractivity contribution in [2.45, 2.75) is 37.5 Å². The van der Waals surface area contributed by atoms with Crippen molar-refractivity contribution in [2.24, 2.45) is 29.6 Å². The van der Waals surface area contributed by atoms with Crippen LogP contribution in [0.2, 0.25) is 0 Å². The second kappa shape index (κ2) is 12.8. The van der Waals surface area contributed by atoms with Gasteiger partial charge in [-0.3, -0.25) is 0 Å². The minimum atomic E-state index is -0.826. The van der Waals surface area contributed by atoms with Crippen molar-refractivity contribution in [1.29, 1.82) is 0 Å². The van der Waals surface area contributed by atoms with Gasteiger partial charge in [0.05, 0.1) is 0 Å². The standard InChI is InChI=1S/C41H36.2ClH.Zr/c1-3-11-32(12-4-1)41(33-13-5-2-6-14-33,40-37-17-9-7-15-35(37)36-16-8-10-18-38(36)40)34-20-19-29(26-34)39-30-22-27-21-28(24-30)25-31(39)23-27;;;/h1-20,26-28,30-31,39H,21-25H2;2*1H;/q;;;+4/p-2. The fourth-order valence-electron chi connectivity index (χ4n) is 10.1. The van der Waals surface area contributed by atoms with Crippen molar-refractivity contribution in [2.75, 3.05) is 0 Å². The molecule has 0 aliphatic heterocycles. The van der Waals surface area contributed by atoms with Crippen LogP contribution in [0.25, 0.3) is 0 Å². The number of rotatable bonds is 5. The minimum absolute atomic E-state index is 0.421. The number of allylic oxidation sites excluding steroid dienone is 8. The van der Waals surface area contributed by atoms with Gasteiger partial charge in [0.1, 0.15) is 0 Å². The average molecular weight is 691 g/mol. The summed E-state index contributed by atoms with van der Waals surface area (Å²) in [6.07, 6.45) is 33.2. The summed E-state index contributed by atoms with van der Waals surface area (Å²) in [5, 5.41) is 0. The van der Waals surface area contributed by atoms with Gasteiger partial charge in [0, 0.05) is 35.0 Å². The summed E-state index contributed by atoms with van der Waals surface area (Å²) in [6.45, 7) is 0. The zero-order chi connectivity index (χ0) is 29.7. The molecular formula is C41H36Cl2Zr+2. The van der Waals surface area contributed by atoms with E-state index in [4.69, 9.17) is 17.0 Å². The SMILES string of the molecule is [CH]1[CH][C](C([C]2[C]3C=CC=C[C]3[C]3C=CC=C[C]32)(c2ccccc2)c2ccccc2)[CH][C]1C1C2CC3CC(C2)CC1C3.[Cl][Zr+2][Cl]. The molecule has 8 aliphatic rings. The molecule has 8 aliphatic carbocycles. The predicted molar refractivity (Wildman–Crippen MR) is 178 cm³/mol.